The lowest BCUT2D eigenvalue weighted by Crippen LogP contribution is -2.26. The maximum Gasteiger partial charge on any atom is 0.344 e. The molecule has 0 bridgehead atoms. The molecule has 9 heteroatoms. The number of aryl methyl sites for hydroxylation is 1. The fourth-order valence-electron chi connectivity index (χ4n) is 3.96. The van der Waals surface area contributed by atoms with Crippen molar-refractivity contribution in [3.8, 4) is 17.5 Å². The molecule has 0 spiro atoms. The van der Waals surface area contributed by atoms with Gasteiger partial charge < -0.3 is 14.9 Å². The first-order valence-electron chi connectivity index (χ1n) is 9.55. The van der Waals surface area contributed by atoms with E-state index in [4.69, 9.17) is 38.1 Å². The predicted octanol–water partition coefficient (Wildman–Crippen LogP) is 4.81. The summed E-state index contributed by atoms with van der Waals surface area (Å²) >= 11 is 12.9. The van der Waals surface area contributed by atoms with Crippen LogP contribution in [0.4, 0.5) is 0 Å². The zero-order valence-electron chi connectivity index (χ0n) is 16.6. The Kier molecular flexibility index (Phi) is 4.70. The molecule has 0 amide bonds. The van der Waals surface area contributed by atoms with E-state index in [9.17, 15) is 10.1 Å². The summed E-state index contributed by atoms with van der Waals surface area (Å²) in [6, 6.07) is 16.1. The number of hydrogen-bond donors (Lipinski definition) is 1. The van der Waals surface area contributed by atoms with Gasteiger partial charge in [-0.3, -0.25) is 0 Å². The van der Waals surface area contributed by atoms with Crippen molar-refractivity contribution in [1.82, 2.24) is 9.78 Å². The second kappa shape index (κ2) is 7.45. The van der Waals surface area contributed by atoms with Crippen LogP contribution in [-0.4, -0.2) is 9.78 Å². The Bertz CT molecular complexity index is 1530. The van der Waals surface area contributed by atoms with Gasteiger partial charge in [-0.1, -0.05) is 41.4 Å². The Morgan fingerprint density at radius 2 is 1.91 bits per heavy atom. The highest BCUT2D eigenvalue weighted by Crippen LogP contribution is 2.46. The average Bonchev–Trinajstić information content (AvgIpc) is 3.07. The molecule has 5 rings (SSSR count). The number of aromatic nitrogens is 2. The molecule has 7 nitrogen and oxygen atoms in total. The Balaban J connectivity index is 1.84. The van der Waals surface area contributed by atoms with E-state index in [1.165, 1.54) is 0 Å². The molecule has 0 saturated carbocycles. The van der Waals surface area contributed by atoms with Crippen molar-refractivity contribution >= 4 is 34.2 Å². The van der Waals surface area contributed by atoms with Crippen LogP contribution in [0.1, 0.15) is 22.7 Å². The fourth-order valence-corrected chi connectivity index (χ4v) is 4.51. The second-order valence-corrected chi connectivity index (χ2v) is 8.03. The molecular formula is C23H14Cl2N4O3. The van der Waals surface area contributed by atoms with Gasteiger partial charge in [-0.05, 0) is 37.3 Å². The molecule has 2 aromatic heterocycles. The minimum absolute atomic E-state index is 0.0452. The van der Waals surface area contributed by atoms with E-state index in [1.54, 1.807) is 29.8 Å². The standard InChI is InChI=1S/C23H14Cl2N4O3/c1-11-17(21(25)29(28-11)13-5-3-2-4-6-13)18-15(10-26)22(27)32-20-14-9-12(24)7-8-16(14)31-23(30)19(18)20/h2-9,18H,27H2,1H3. The number of halogens is 2. The third kappa shape index (κ3) is 2.96. The lowest BCUT2D eigenvalue weighted by molar-refractivity contribution is 0.388. The van der Waals surface area contributed by atoms with Gasteiger partial charge in [0.15, 0.2) is 5.75 Å². The maximum atomic E-state index is 13.1. The van der Waals surface area contributed by atoms with Gasteiger partial charge in [0.25, 0.3) is 0 Å². The fraction of sp³-hybridized carbons (Fsp3) is 0.0870. The number of nitriles is 1. The van der Waals surface area contributed by atoms with Crippen LogP contribution in [0.3, 0.4) is 0 Å². The van der Waals surface area contributed by atoms with Crippen LogP contribution in [0.5, 0.6) is 5.75 Å². The lowest BCUT2D eigenvalue weighted by atomic mass is 9.84. The van der Waals surface area contributed by atoms with E-state index in [-0.39, 0.29) is 33.5 Å². The van der Waals surface area contributed by atoms with Crippen LogP contribution in [0.25, 0.3) is 16.7 Å². The van der Waals surface area contributed by atoms with E-state index in [1.807, 2.05) is 30.3 Å². The number of allylic oxidation sites excluding steroid dienone is 1. The number of hydrogen-bond acceptors (Lipinski definition) is 6. The van der Waals surface area contributed by atoms with E-state index in [0.29, 0.717) is 21.7 Å². The molecule has 2 aromatic carbocycles. The summed E-state index contributed by atoms with van der Waals surface area (Å²) in [6.45, 7) is 1.75. The summed E-state index contributed by atoms with van der Waals surface area (Å²) in [5.74, 6) is -0.865. The van der Waals surface area contributed by atoms with Gasteiger partial charge in [-0.25, -0.2) is 9.48 Å². The summed E-state index contributed by atoms with van der Waals surface area (Å²) in [6.07, 6.45) is 0. The van der Waals surface area contributed by atoms with Crippen molar-refractivity contribution in [3.05, 3.63) is 97.4 Å². The van der Waals surface area contributed by atoms with Crippen molar-refractivity contribution < 1.29 is 9.15 Å². The largest absolute Gasteiger partial charge is 0.439 e. The van der Waals surface area contributed by atoms with Crippen LogP contribution >= 0.6 is 23.2 Å². The maximum absolute atomic E-state index is 13.1. The molecule has 1 aliphatic rings. The predicted molar refractivity (Wildman–Crippen MR) is 120 cm³/mol. The molecule has 0 radical (unpaired) electrons. The summed E-state index contributed by atoms with van der Waals surface area (Å²) in [5, 5.41) is 15.6. The monoisotopic (exact) mass is 464 g/mol. The van der Waals surface area contributed by atoms with E-state index >= 15 is 0 Å². The SMILES string of the molecule is Cc1nn(-c2ccccc2)c(Cl)c1C1C(C#N)=C(N)Oc2c1c(=O)oc1ccc(Cl)cc21. The van der Waals surface area contributed by atoms with E-state index < -0.39 is 11.5 Å². The lowest BCUT2D eigenvalue weighted by Gasteiger charge is -2.25. The van der Waals surface area contributed by atoms with Crippen molar-refractivity contribution in [3.63, 3.8) is 0 Å². The molecular weight excluding hydrogens is 451 g/mol. The Morgan fingerprint density at radius 1 is 1.16 bits per heavy atom. The van der Waals surface area contributed by atoms with Crippen molar-refractivity contribution in [2.24, 2.45) is 5.73 Å². The molecule has 3 heterocycles. The van der Waals surface area contributed by atoms with Gasteiger partial charge >= 0.3 is 5.63 Å². The van der Waals surface area contributed by atoms with Crippen LogP contribution < -0.4 is 16.1 Å². The zero-order valence-corrected chi connectivity index (χ0v) is 18.1. The Hall–Kier alpha value is -3.73. The number of ether oxygens (including phenoxy) is 1. The molecule has 1 atom stereocenters. The molecule has 1 unspecified atom stereocenters. The number of nitrogens with zero attached hydrogens (tertiary/aromatic N) is 3. The van der Waals surface area contributed by atoms with Gasteiger partial charge in [0.2, 0.25) is 5.88 Å². The minimum Gasteiger partial charge on any atom is -0.439 e. The van der Waals surface area contributed by atoms with Gasteiger partial charge in [-0.2, -0.15) is 10.4 Å². The number of para-hydroxylation sites is 1. The molecule has 2 N–H and O–H groups in total. The van der Waals surface area contributed by atoms with Crippen LogP contribution in [0.15, 0.2) is 69.2 Å². The van der Waals surface area contributed by atoms with Gasteiger partial charge in [0.1, 0.15) is 22.4 Å². The molecule has 0 fully saturated rings. The highest BCUT2D eigenvalue weighted by atomic mass is 35.5. The average molecular weight is 465 g/mol. The highest BCUT2D eigenvalue weighted by molar-refractivity contribution is 6.31. The third-order valence-corrected chi connectivity index (χ3v) is 5.96. The normalized spacial score (nSPS) is 15.4. The number of benzene rings is 2. The smallest absolute Gasteiger partial charge is 0.344 e. The topological polar surface area (TPSA) is 107 Å². The first-order valence-corrected chi connectivity index (χ1v) is 10.3. The van der Waals surface area contributed by atoms with E-state index in [2.05, 4.69) is 11.2 Å². The summed E-state index contributed by atoms with van der Waals surface area (Å²) in [5.41, 5.74) is 7.63. The zero-order chi connectivity index (χ0) is 22.6. The minimum atomic E-state index is -0.923. The molecule has 0 aliphatic carbocycles. The first kappa shape index (κ1) is 20.2. The second-order valence-electron chi connectivity index (χ2n) is 7.23. The van der Waals surface area contributed by atoms with Crippen LogP contribution in [0, 0.1) is 18.3 Å². The molecule has 4 aromatic rings. The quantitative estimate of drug-likeness (QED) is 0.426. The van der Waals surface area contributed by atoms with Gasteiger partial charge in [0.05, 0.1) is 28.2 Å². The Labute approximate surface area is 191 Å². The van der Waals surface area contributed by atoms with Crippen molar-refractivity contribution in [2.45, 2.75) is 12.8 Å². The molecule has 1 aliphatic heterocycles. The summed E-state index contributed by atoms with van der Waals surface area (Å²) < 4.78 is 12.8. The Morgan fingerprint density at radius 3 is 2.62 bits per heavy atom. The van der Waals surface area contributed by atoms with E-state index in [0.717, 1.165) is 5.69 Å². The first-order chi connectivity index (χ1) is 15.4. The summed E-state index contributed by atoms with van der Waals surface area (Å²) in [4.78, 5) is 13.1. The summed E-state index contributed by atoms with van der Waals surface area (Å²) in [7, 11) is 0. The number of rotatable bonds is 2. The van der Waals surface area contributed by atoms with Gasteiger partial charge in [-0.15, -0.1) is 0 Å². The third-order valence-electron chi connectivity index (χ3n) is 5.37. The highest BCUT2D eigenvalue weighted by Gasteiger charge is 2.39. The molecule has 0 saturated heterocycles. The number of nitrogens with two attached hydrogens (primary N) is 1. The molecule has 32 heavy (non-hydrogen) atoms. The molecule has 158 valence electrons. The van der Waals surface area contributed by atoms with Gasteiger partial charge in [0, 0.05) is 10.6 Å². The van der Waals surface area contributed by atoms with Crippen LogP contribution in [0.2, 0.25) is 10.2 Å². The number of fused-ring (bicyclic) bond motifs is 3. The van der Waals surface area contributed by atoms with Crippen LogP contribution in [-0.2, 0) is 0 Å². The van der Waals surface area contributed by atoms with Crippen molar-refractivity contribution in [1.29, 1.82) is 5.26 Å². The van der Waals surface area contributed by atoms with Crippen molar-refractivity contribution in [2.75, 3.05) is 0 Å².